The van der Waals surface area contributed by atoms with E-state index in [9.17, 15) is 18.0 Å². The van der Waals surface area contributed by atoms with Crippen molar-refractivity contribution in [2.45, 2.75) is 36.3 Å². The maximum absolute atomic E-state index is 12.2. The molecule has 0 spiro atoms. The van der Waals surface area contributed by atoms with E-state index in [1.54, 1.807) is 0 Å². The lowest BCUT2D eigenvalue weighted by Gasteiger charge is -2.14. The van der Waals surface area contributed by atoms with Gasteiger partial charge in [0.05, 0.1) is 0 Å². The van der Waals surface area contributed by atoms with Crippen molar-refractivity contribution in [1.82, 2.24) is 0 Å². The second-order valence-electron chi connectivity index (χ2n) is 3.95. The Morgan fingerprint density at radius 1 is 1.32 bits per heavy atom. The van der Waals surface area contributed by atoms with E-state index in [4.69, 9.17) is 4.74 Å². The Labute approximate surface area is 114 Å². The van der Waals surface area contributed by atoms with Gasteiger partial charge in [0.2, 0.25) is 0 Å². The number of Topliss-reactive ketones (excluding diaryl/α,β-unsaturated/α-hetero) is 1. The molecule has 0 bridgehead atoms. The molecular formula is C13H15F3O2S. The summed E-state index contributed by atoms with van der Waals surface area (Å²) in [7, 11) is 1.41. The van der Waals surface area contributed by atoms with Crippen molar-refractivity contribution in [3.63, 3.8) is 0 Å². The van der Waals surface area contributed by atoms with Gasteiger partial charge in [0.1, 0.15) is 6.10 Å². The number of methoxy groups -OCH3 is 1. The van der Waals surface area contributed by atoms with Gasteiger partial charge in [0, 0.05) is 18.4 Å². The fraction of sp³-hybridized carbons (Fsp3) is 0.462. The molecule has 19 heavy (non-hydrogen) atoms. The van der Waals surface area contributed by atoms with Crippen LogP contribution in [0, 0.1) is 0 Å². The number of halogens is 3. The van der Waals surface area contributed by atoms with Gasteiger partial charge in [0.15, 0.2) is 5.78 Å². The number of thioether (sulfide) groups is 1. The normalized spacial score (nSPS) is 13.3. The third kappa shape index (κ3) is 5.24. The molecule has 1 aromatic rings. The molecule has 0 radical (unpaired) electrons. The summed E-state index contributed by atoms with van der Waals surface area (Å²) in [4.78, 5) is 11.9. The van der Waals surface area contributed by atoms with E-state index >= 15 is 0 Å². The van der Waals surface area contributed by atoms with Gasteiger partial charge in [0.25, 0.3) is 0 Å². The molecule has 0 fully saturated rings. The van der Waals surface area contributed by atoms with Crippen molar-refractivity contribution in [3.05, 3.63) is 29.8 Å². The number of carbonyl (C=O) groups excluding carboxylic acids is 1. The van der Waals surface area contributed by atoms with Crippen LogP contribution in [0.15, 0.2) is 29.2 Å². The zero-order valence-electron chi connectivity index (χ0n) is 10.7. The fourth-order valence-electron chi connectivity index (χ4n) is 1.68. The molecule has 106 valence electrons. The van der Waals surface area contributed by atoms with E-state index in [0.29, 0.717) is 18.4 Å². The summed E-state index contributed by atoms with van der Waals surface area (Å²) < 4.78 is 41.7. The van der Waals surface area contributed by atoms with E-state index in [-0.39, 0.29) is 22.4 Å². The highest BCUT2D eigenvalue weighted by molar-refractivity contribution is 8.00. The smallest absolute Gasteiger partial charge is 0.369 e. The second-order valence-corrected chi connectivity index (χ2v) is 5.09. The number of rotatable bonds is 6. The lowest BCUT2D eigenvalue weighted by molar-refractivity contribution is -0.129. The zero-order chi connectivity index (χ0) is 14.5. The molecule has 0 N–H and O–H groups in total. The molecule has 0 aliphatic carbocycles. The summed E-state index contributed by atoms with van der Waals surface area (Å²) in [5.74, 6) is -0.0683. The second kappa shape index (κ2) is 6.96. The molecule has 0 heterocycles. The number of hydrogen-bond donors (Lipinski definition) is 0. The minimum Gasteiger partial charge on any atom is -0.369 e. The van der Waals surface area contributed by atoms with Gasteiger partial charge in [-0.15, -0.1) is 0 Å². The zero-order valence-corrected chi connectivity index (χ0v) is 11.5. The third-order valence-corrected chi connectivity index (χ3v) is 3.18. The summed E-state index contributed by atoms with van der Waals surface area (Å²) in [6.07, 6.45) is 0.392. The van der Waals surface area contributed by atoms with Gasteiger partial charge >= 0.3 is 5.51 Å². The molecule has 0 aliphatic heterocycles. The van der Waals surface area contributed by atoms with Crippen molar-refractivity contribution in [1.29, 1.82) is 0 Å². The average Bonchev–Trinajstić information content (AvgIpc) is 2.30. The van der Waals surface area contributed by atoms with E-state index in [1.165, 1.54) is 31.4 Å². The van der Waals surface area contributed by atoms with E-state index in [1.807, 2.05) is 6.92 Å². The Morgan fingerprint density at radius 3 is 2.32 bits per heavy atom. The molecule has 1 rings (SSSR count). The van der Waals surface area contributed by atoms with Crippen molar-refractivity contribution < 1.29 is 22.7 Å². The number of carbonyl (C=O) groups is 1. The molecule has 0 saturated heterocycles. The van der Waals surface area contributed by atoms with Crippen LogP contribution in [0.5, 0.6) is 0 Å². The Hall–Kier alpha value is -1.01. The minimum atomic E-state index is -4.31. The highest BCUT2D eigenvalue weighted by atomic mass is 32.2. The number of hydrogen-bond acceptors (Lipinski definition) is 3. The van der Waals surface area contributed by atoms with Crippen LogP contribution in [-0.2, 0) is 9.53 Å². The lowest BCUT2D eigenvalue weighted by atomic mass is 10.0. The summed E-state index contributed by atoms with van der Waals surface area (Å²) in [5, 5.41) is 0. The van der Waals surface area contributed by atoms with Crippen molar-refractivity contribution in [2.75, 3.05) is 7.11 Å². The first-order valence-corrected chi connectivity index (χ1v) is 6.60. The van der Waals surface area contributed by atoms with Crippen LogP contribution in [0.2, 0.25) is 0 Å². The molecule has 0 aromatic heterocycles. The van der Waals surface area contributed by atoms with Gasteiger partial charge in [-0.3, -0.25) is 4.79 Å². The lowest BCUT2D eigenvalue weighted by Crippen LogP contribution is -2.14. The van der Waals surface area contributed by atoms with Crippen LogP contribution >= 0.6 is 11.8 Å². The summed E-state index contributed by atoms with van der Waals surface area (Å²) in [6.45, 7) is 1.88. The van der Waals surface area contributed by atoms with E-state index in [0.717, 1.165) is 0 Å². The molecule has 1 atom stereocenters. The Balaban J connectivity index is 2.81. The van der Waals surface area contributed by atoms with Crippen LogP contribution in [0.1, 0.15) is 31.4 Å². The largest absolute Gasteiger partial charge is 0.446 e. The monoisotopic (exact) mass is 292 g/mol. The predicted octanol–water partition coefficient (Wildman–Crippen LogP) is 4.36. The van der Waals surface area contributed by atoms with Gasteiger partial charge < -0.3 is 4.74 Å². The minimum absolute atomic E-state index is 0.0683. The Morgan fingerprint density at radius 2 is 1.89 bits per heavy atom. The summed E-state index contributed by atoms with van der Waals surface area (Å²) in [5.41, 5.74) is -3.73. The van der Waals surface area contributed by atoms with Crippen LogP contribution in [0.3, 0.4) is 0 Å². The first-order valence-electron chi connectivity index (χ1n) is 5.78. The number of alkyl halides is 3. The van der Waals surface area contributed by atoms with Crippen LogP contribution in [0.4, 0.5) is 13.2 Å². The highest BCUT2D eigenvalue weighted by Gasteiger charge is 2.29. The molecule has 0 aliphatic rings. The van der Waals surface area contributed by atoms with Gasteiger partial charge in [-0.05, 0) is 35.9 Å². The molecule has 2 nitrogen and oxygen atoms in total. The van der Waals surface area contributed by atoms with Gasteiger partial charge in [-0.25, -0.2) is 0 Å². The molecule has 1 aromatic carbocycles. The maximum atomic E-state index is 12.2. The van der Waals surface area contributed by atoms with Gasteiger partial charge in [-0.2, -0.15) is 13.2 Å². The molecule has 1 unspecified atom stereocenters. The Kier molecular flexibility index (Phi) is 5.87. The summed E-state index contributed by atoms with van der Waals surface area (Å²) in [6, 6.07) is 5.68. The maximum Gasteiger partial charge on any atom is 0.446 e. The molecule has 0 saturated carbocycles. The Bertz CT molecular complexity index is 415. The van der Waals surface area contributed by atoms with Crippen LogP contribution in [-0.4, -0.2) is 18.4 Å². The van der Waals surface area contributed by atoms with E-state index in [2.05, 4.69) is 0 Å². The van der Waals surface area contributed by atoms with Crippen LogP contribution < -0.4 is 0 Å². The molecular weight excluding hydrogens is 277 g/mol. The highest BCUT2D eigenvalue weighted by Crippen LogP contribution is 2.37. The number of ketones is 1. The summed E-state index contributed by atoms with van der Waals surface area (Å²) >= 11 is -0.178. The fourth-order valence-corrected chi connectivity index (χ4v) is 2.21. The number of benzene rings is 1. The first-order chi connectivity index (χ1) is 8.87. The van der Waals surface area contributed by atoms with Crippen molar-refractivity contribution >= 4 is 17.5 Å². The molecule has 0 amide bonds. The van der Waals surface area contributed by atoms with Gasteiger partial charge in [-0.1, -0.05) is 19.1 Å². The standard InChI is InChI=1S/C13H15F3O2S/c1-3-4-11(17)12(18-2)9-5-7-10(8-6-9)19-13(14,15)16/h5-8,12H,3-4H2,1-2H3. The van der Waals surface area contributed by atoms with Crippen molar-refractivity contribution in [2.24, 2.45) is 0 Å². The topological polar surface area (TPSA) is 26.3 Å². The third-order valence-electron chi connectivity index (χ3n) is 2.44. The predicted molar refractivity (Wildman–Crippen MR) is 68.0 cm³/mol. The number of ether oxygens (including phenoxy) is 1. The average molecular weight is 292 g/mol. The van der Waals surface area contributed by atoms with E-state index < -0.39 is 11.6 Å². The quantitative estimate of drug-likeness (QED) is 0.729. The SMILES string of the molecule is CCCC(=O)C(OC)c1ccc(SC(F)(F)F)cc1. The molecule has 6 heteroatoms. The first kappa shape index (κ1) is 16.0. The van der Waals surface area contributed by atoms with Crippen molar-refractivity contribution in [3.8, 4) is 0 Å². The van der Waals surface area contributed by atoms with Crippen LogP contribution in [0.25, 0.3) is 0 Å².